The Morgan fingerprint density at radius 2 is 1.86 bits per heavy atom. The minimum Gasteiger partial charge on any atom is -0.381 e. The molecule has 110 valence electrons. The van der Waals surface area contributed by atoms with E-state index >= 15 is 0 Å². The molecule has 0 unspecified atom stereocenters. The summed E-state index contributed by atoms with van der Waals surface area (Å²) < 4.78 is 0. The lowest BCUT2D eigenvalue weighted by Gasteiger charge is -2.11. The summed E-state index contributed by atoms with van der Waals surface area (Å²) in [4.78, 5) is 12.4. The zero-order valence-corrected chi connectivity index (χ0v) is 13.4. The number of thioether (sulfide) groups is 1. The largest absolute Gasteiger partial charge is 0.381 e. The van der Waals surface area contributed by atoms with Gasteiger partial charge in [0.2, 0.25) is 5.91 Å². The molecule has 3 nitrogen and oxygen atoms in total. The summed E-state index contributed by atoms with van der Waals surface area (Å²) >= 11 is 1.75. The van der Waals surface area contributed by atoms with Gasteiger partial charge in [0.15, 0.2) is 0 Å². The number of rotatable bonds is 5. The summed E-state index contributed by atoms with van der Waals surface area (Å²) in [5.41, 5.74) is 4.21. The van der Waals surface area contributed by atoms with Crippen LogP contribution in [0.3, 0.4) is 0 Å². The van der Waals surface area contributed by atoms with E-state index in [4.69, 9.17) is 0 Å². The zero-order valence-electron chi connectivity index (χ0n) is 12.6. The van der Waals surface area contributed by atoms with E-state index in [9.17, 15) is 4.79 Å². The number of carbonyl (C=O) groups excluding carboxylic acids is 1. The SMILES string of the molecule is CSc1ccc(CNc2ccc(NC(C)=O)c(C)c2)cc1. The molecule has 2 aromatic carbocycles. The number of hydrogen-bond donors (Lipinski definition) is 2. The third kappa shape index (κ3) is 4.53. The molecule has 0 saturated carbocycles. The second-order valence-corrected chi connectivity index (χ2v) is 5.79. The molecule has 2 N–H and O–H groups in total. The lowest BCUT2D eigenvalue weighted by molar-refractivity contribution is -0.114. The molecular weight excluding hydrogens is 280 g/mol. The Morgan fingerprint density at radius 3 is 2.43 bits per heavy atom. The van der Waals surface area contributed by atoms with Gasteiger partial charge in [-0.15, -0.1) is 11.8 Å². The predicted octanol–water partition coefficient (Wildman–Crippen LogP) is 4.29. The number of benzene rings is 2. The first kappa shape index (κ1) is 15.4. The number of hydrogen-bond acceptors (Lipinski definition) is 3. The fourth-order valence-corrected chi connectivity index (χ4v) is 2.46. The van der Waals surface area contributed by atoms with Gasteiger partial charge in [0, 0.05) is 29.7 Å². The van der Waals surface area contributed by atoms with Crippen LogP contribution in [0.4, 0.5) is 11.4 Å². The number of nitrogens with one attached hydrogen (secondary N) is 2. The Hall–Kier alpha value is -1.94. The van der Waals surface area contributed by atoms with Crippen molar-refractivity contribution in [2.75, 3.05) is 16.9 Å². The van der Waals surface area contributed by atoms with Crippen LogP contribution in [0.15, 0.2) is 47.4 Å². The van der Waals surface area contributed by atoms with Crippen molar-refractivity contribution in [3.63, 3.8) is 0 Å². The summed E-state index contributed by atoms with van der Waals surface area (Å²) in [5, 5.41) is 6.22. The molecule has 0 saturated heterocycles. The standard InChI is InChI=1S/C17H20N2OS/c1-12-10-15(6-9-17(12)19-13(2)20)18-11-14-4-7-16(21-3)8-5-14/h4-10,18H,11H2,1-3H3,(H,19,20). The highest BCUT2D eigenvalue weighted by molar-refractivity contribution is 7.98. The van der Waals surface area contributed by atoms with E-state index in [1.54, 1.807) is 11.8 Å². The van der Waals surface area contributed by atoms with Crippen molar-refractivity contribution in [1.82, 2.24) is 0 Å². The van der Waals surface area contributed by atoms with Gasteiger partial charge in [-0.25, -0.2) is 0 Å². The fourth-order valence-electron chi connectivity index (χ4n) is 2.05. The lowest BCUT2D eigenvalue weighted by Crippen LogP contribution is -2.07. The van der Waals surface area contributed by atoms with E-state index in [2.05, 4.69) is 41.2 Å². The normalized spacial score (nSPS) is 10.2. The van der Waals surface area contributed by atoms with Gasteiger partial charge < -0.3 is 10.6 Å². The van der Waals surface area contributed by atoms with Gasteiger partial charge in [0.25, 0.3) is 0 Å². The quantitative estimate of drug-likeness (QED) is 0.809. The maximum Gasteiger partial charge on any atom is 0.221 e. The van der Waals surface area contributed by atoms with Crippen LogP contribution in [0.1, 0.15) is 18.1 Å². The Kier molecular flexibility index (Phi) is 5.28. The molecule has 0 aliphatic carbocycles. The van der Waals surface area contributed by atoms with Crippen molar-refractivity contribution in [3.8, 4) is 0 Å². The minimum atomic E-state index is -0.0484. The second kappa shape index (κ2) is 7.18. The molecule has 21 heavy (non-hydrogen) atoms. The van der Waals surface area contributed by atoms with Crippen molar-refractivity contribution >= 4 is 29.0 Å². The Balaban J connectivity index is 1.99. The molecule has 0 fully saturated rings. The first-order chi connectivity index (χ1) is 10.1. The Morgan fingerprint density at radius 1 is 1.14 bits per heavy atom. The first-order valence-electron chi connectivity index (χ1n) is 6.83. The van der Waals surface area contributed by atoms with Crippen LogP contribution in [-0.2, 0) is 11.3 Å². The maximum absolute atomic E-state index is 11.1. The molecule has 0 aliphatic rings. The third-order valence-electron chi connectivity index (χ3n) is 3.19. The maximum atomic E-state index is 11.1. The van der Waals surface area contributed by atoms with E-state index < -0.39 is 0 Å². The van der Waals surface area contributed by atoms with Gasteiger partial charge in [-0.3, -0.25) is 4.79 Å². The Bertz CT molecular complexity index is 623. The molecule has 0 spiro atoms. The van der Waals surface area contributed by atoms with Gasteiger partial charge in [0.05, 0.1) is 0 Å². The van der Waals surface area contributed by atoms with Crippen LogP contribution in [0.2, 0.25) is 0 Å². The molecule has 0 atom stereocenters. The van der Waals surface area contributed by atoms with Crippen molar-refractivity contribution in [2.24, 2.45) is 0 Å². The van der Waals surface area contributed by atoms with E-state index in [0.717, 1.165) is 23.5 Å². The predicted molar refractivity (Wildman–Crippen MR) is 91.0 cm³/mol. The molecule has 2 aromatic rings. The molecule has 2 rings (SSSR count). The van der Waals surface area contributed by atoms with Gasteiger partial charge in [0.1, 0.15) is 0 Å². The average molecular weight is 300 g/mol. The number of anilines is 2. The van der Waals surface area contributed by atoms with Crippen molar-refractivity contribution in [2.45, 2.75) is 25.3 Å². The first-order valence-corrected chi connectivity index (χ1v) is 8.06. The van der Waals surface area contributed by atoms with Gasteiger partial charge in [-0.1, -0.05) is 12.1 Å². The fraction of sp³-hybridized carbons (Fsp3) is 0.235. The monoisotopic (exact) mass is 300 g/mol. The molecular formula is C17H20N2OS. The molecule has 0 radical (unpaired) electrons. The Labute approximate surface area is 130 Å². The highest BCUT2D eigenvalue weighted by Gasteiger charge is 2.02. The van der Waals surface area contributed by atoms with Crippen molar-refractivity contribution in [3.05, 3.63) is 53.6 Å². The van der Waals surface area contributed by atoms with Crippen LogP contribution < -0.4 is 10.6 Å². The molecule has 4 heteroatoms. The summed E-state index contributed by atoms with van der Waals surface area (Å²) in [7, 11) is 0. The van der Waals surface area contributed by atoms with E-state index in [0.29, 0.717) is 0 Å². The molecule has 0 heterocycles. The number of amides is 1. The van der Waals surface area contributed by atoms with Gasteiger partial charge in [-0.2, -0.15) is 0 Å². The van der Waals surface area contributed by atoms with E-state index in [-0.39, 0.29) is 5.91 Å². The van der Waals surface area contributed by atoms with Gasteiger partial charge >= 0.3 is 0 Å². The summed E-state index contributed by atoms with van der Waals surface area (Å²) in [5.74, 6) is -0.0484. The lowest BCUT2D eigenvalue weighted by atomic mass is 10.1. The number of carbonyl (C=O) groups is 1. The van der Waals surface area contributed by atoms with Crippen LogP contribution in [-0.4, -0.2) is 12.2 Å². The average Bonchev–Trinajstić information content (AvgIpc) is 2.48. The summed E-state index contributed by atoms with van der Waals surface area (Å²) in [6.45, 7) is 4.29. The molecule has 0 aliphatic heterocycles. The van der Waals surface area contributed by atoms with E-state index in [1.165, 1.54) is 17.4 Å². The highest BCUT2D eigenvalue weighted by atomic mass is 32.2. The van der Waals surface area contributed by atoms with Gasteiger partial charge in [-0.05, 0) is 54.6 Å². The third-order valence-corrected chi connectivity index (χ3v) is 3.94. The minimum absolute atomic E-state index is 0.0484. The highest BCUT2D eigenvalue weighted by Crippen LogP contribution is 2.21. The zero-order chi connectivity index (χ0) is 15.2. The van der Waals surface area contributed by atoms with Crippen molar-refractivity contribution in [1.29, 1.82) is 0 Å². The van der Waals surface area contributed by atoms with Crippen LogP contribution in [0, 0.1) is 6.92 Å². The van der Waals surface area contributed by atoms with Crippen LogP contribution in [0.5, 0.6) is 0 Å². The molecule has 1 amide bonds. The second-order valence-electron chi connectivity index (χ2n) is 4.91. The smallest absolute Gasteiger partial charge is 0.221 e. The topological polar surface area (TPSA) is 41.1 Å². The number of aryl methyl sites for hydroxylation is 1. The summed E-state index contributed by atoms with van der Waals surface area (Å²) in [6.07, 6.45) is 2.08. The van der Waals surface area contributed by atoms with Crippen molar-refractivity contribution < 1.29 is 4.79 Å². The van der Waals surface area contributed by atoms with Crippen LogP contribution >= 0.6 is 11.8 Å². The van der Waals surface area contributed by atoms with Crippen LogP contribution in [0.25, 0.3) is 0 Å². The summed E-state index contributed by atoms with van der Waals surface area (Å²) in [6, 6.07) is 14.5. The van der Waals surface area contributed by atoms with E-state index in [1.807, 2.05) is 25.1 Å². The molecule has 0 aromatic heterocycles. The molecule has 0 bridgehead atoms.